The van der Waals surface area contributed by atoms with Crippen LogP contribution in [0.5, 0.6) is 0 Å². The van der Waals surface area contributed by atoms with Gasteiger partial charge in [0.2, 0.25) is 10.0 Å². The summed E-state index contributed by atoms with van der Waals surface area (Å²) in [4.78, 5) is 36.8. The number of carbonyl (C=O) groups excluding carboxylic acids is 3. The number of nitrogens with one attached hydrogen (secondary N) is 1. The minimum Gasteiger partial charge on any atom is -0.468 e. The molecule has 0 bridgehead atoms. The lowest BCUT2D eigenvalue weighted by Gasteiger charge is -2.42. The lowest BCUT2D eigenvalue weighted by Crippen LogP contribution is -2.60. The van der Waals surface area contributed by atoms with E-state index in [4.69, 9.17) is 4.74 Å². The van der Waals surface area contributed by atoms with Crippen LogP contribution in [-0.2, 0) is 35.7 Å². The molecule has 1 aliphatic rings. The molecular weight excluding hydrogens is 388 g/mol. The molecule has 1 aromatic rings. The summed E-state index contributed by atoms with van der Waals surface area (Å²) in [7, 11) is -2.98. The number of carbonyl (C=O) groups is 3. The maximum absolute atomic E-state index is 12.4. The van der Waals surface area contributed by atoms with Crippen molar-refractivity contribution in [1.29, 1.82) is 0 Å². The number of piperidine rings is 1. The van der Waals surface area contributed by atoms with Crippen molar-refractivity contribution in [2.75, 3.05) is 19.4 Å². The highest BCUT2D eigenvalue weighted by Gasteiger charge is 2.43. The summed E-state index contributed by atoms with van der Waals surface area (Å²) in [6.45, 7) is 1.96. The molecular formula is C18H24N2O7S. The fraction of sp³-hybridized carbons (Fsp3) is 0.500. The third kappa shape index (κ3) is 5.77. The molecule has 0 radical (unpaired) electrons. The Labute approximate surface area is 164 Å². The third-order valence-corrected chi connectivity index (χ3v) is 5.88. The van der Waals surface area contributed by atoms with Crippen molar-refractivity contribution in [3.8, 4) is 0 Å². The number of ether oxygens (including phenoxy) is 2. The van der Waals surface area contributed by atoms with Crippen LogP contribution in [0.15, 0.2) is 30.3 Å². The van der Waals surface area contributed by atoms with Crippen LogP contribution >= 0.6 is 0 Å². The van der Waals surface area contributed by atoms with Crippen molar-refractivity contribution in [1.82, 2.24) is 9.62 Å². The highest BCUT2D eigenvalue weighted by molar-refractivity contribution is 7.90. The van der Waals surface area contributed by atoms with Gasteiger partial charge in [0.15, 0.2) is 5.75 Å². The minimum atomic E-state index is -4.06. The molecule has 1 saturated heterocycles. The number of nitrogens with zero attached hydrogens (tertiary/aromatic N) is 1. The molecule has 2 rings (SSSR count). The van der Waals surface area contributed by atoms with Gasteiger partial charge in [0.05, 0.1) is 12.6 Å². The molecule has 28 heavy (non-hydrogen) atoms. The Balaban J connectivity index is 1.98. The Hall–Kier alpha value is -2.46. The number of amides is 1. The van der Waals surface area contributed by atoms with Gasteiger partial charge in [-0.15, -0.1) is 0 Å². The standard InChI is InChI=1S/C18H24N2O7S/c1-14-10-18(13-21,19-28(24,25)12-16(22)26-2)8-9-20(14)17(23)27-11-15-6-4-3-5-7-15/h3-7,13-14,19H,8-12H2,1-2H3/t14-,18+/m0/s1. The van der Waals surface area contributed by atoms with Crippen molar-refractivity contribution in [2.45, 2.75) is 38.0 Å². The van der Waals surface area contributed by atoms with Gasteiger partial charge in [-0.2, -0.15) is 0 Å². The number of benzene rings is 1. The molecule has 1 heterocycles. The maximum atomic E-state index is 12.4. The highest BCUT2D eigenvalue weighted by atomic mass is 32.2. The zero-order valence-corrected chi connectivity index (χ0v) is 16.6. The number of sulfonamides is 1. The third-order valence-electron chi connectivity index (χ3n) is 4.55. The first-order valence-electron chi connectivity index (χ1n) is 8.72. The highest BCUT2D eigenvalue weighted by Crippen LogP contribution is 2.27. The Morgan fingerprint density at radius 1 is 1.32 bits per heavy atom. The van der Waals surface area contributed by atoms with E-state index in [1.165, 1.54) is 4.90 Å². The summed E-state index contributed by atoms with van der Waals surface area (Å²) in [5, 5.41) is 0. The van der Waals surface area contributed by atoms with Gasteiger partial charge in [0.1, 0.15) is 12.9 Å². The Morgan fingerprint density at radius 2 is 2.00 bits per heavy atom. The van der Waals surface area contributed by atoms with Gasteiger partial charge in [-0.25, -0.2) is 17.9 Å². The minimum absolute atomic E-state index is 0.0668. The predicted molar refractivity (Wildman–Crippen MR) is 99.8 cm³/mol. The number of methoxy groups -OCH3 is 1. The predicted octanol–water partition coefficient (Wildman–Crippen LogP) is 0.838. The summed E-state index contributed by atoms with van der Waals surface area (Å²) < 4.78 is 36.2. The largest absolute Gasteiger partial charge is 0.468 e. The zero-order valence-electron chi connectivity index (χ0n) is 15.8. The molecule has 0 aliphatic carbocycles. The Kier molecular flexibility index (Phi) is 7.14. The molecule has 10 heteroatoms. The van der Waals surface area contributed by atoms with Crippen LogP contribution in [0.25, 0.3) is 0 Å². The number of aldehydes is 1. The van der Waals surface area contributed by atoms with Crippen LogP contribution in [0.2, 0.25) is 0 Å². The van der Waals surface area contributed by atoms with Gasteiger partial charge in [0, 0.05) is 12.6 Å². The molecule has 1 aromatic carbocycles. The van der Waals surface area contributed by atoms with Crippen molar-refractivity contribution in [2.24, 2.45) is 0 Å². The average Bonchev–Trinajstić information content (AvgIpc) is 2.66. The van der Waals surface area contributed by atoms with Crippen LogP contribution in [0.1, 0.15) is 25.3 Å². The van der Waals surface area contributed by atoms with Crippen LogP contribution in [0.3, 0.4) is 0 Å². The van der Waals surface area contributed by atoms with Gasteiger partial charge < -0.3 is 19.2 Å². The smallest absolute Gasteiger partial charge is 0.410 e. The van der Waals surface area contributed by atoms with Crippen LogP contribution in [0.4, 0.5) is 4.79 Å². The lowest BCUT2D eigenvalue weighted by atomic mass is 9.86. The van der Waals surface area contributed by atoms with E-state index in [-0.39, 0.29) is 26.0 Å². The molecule has 0 unspecified atom stereocenters. The number of hydrogen-bond donors (Lipinski definition) is 1. The second kappa shape index (κ2) is 9.16. The maximum Gasteiger partial charge on any atom is 0.410 e. The number of likely N-dealkylation sites (tertiary alicyclic amines) is 1. The van der Waals surface area contributed by atoms with E-state index in [2.05, 4.69) is 9.46 Å². The molecule has 0 spiro atoms. The molecule has 0 aromatic heterocycles. The second-order valence-electron chi connectivity index (χ2n) is 6.75. The molecule has 1 fully saturated rings. The first-order valence-corrected chi connectivity index (χ1v) is 10.4. The summed E-state index contributed by atoms with van der Waals surface area (Å²) in [6.07, 6.45) is 0.123. The van der Waals surface area contributed by atoms with Crippen LogP contribution in [-0.4, -0.2) is 62.7 Å². The second-order valence-corrected chi connectivity index (χ2v) is 8.47. The molecule has 1 N–H and O–H groups in total. The first-order chi connectivity index (χ1) is 13.2. The zero-order chi connectivity index (χ0) is 20.8. The quantitative estimate of drug-likeness (QED) is 0.520. The van der Waals surface area contributed by atoms with Crippen LogP contribution < -0.4 is 4.72 Å². The van der Waals surface area contributed by atoms with Gasteiger partial charge >= 0.3 is 12.1 Å². The normalized spacial score (nSPS) is 22.4. The van der Waals surface area contributed by atoms with Crippen molar-refractivity contribution in [3.63, 3.8) is 0 Å². The topological polar surface area (TPSA) is 119 Å². The molecule has 2 atom stereocenters. The van der Waals surface area contributed by atoms with Crippen LogP contribution in [0, 0.1) is 0 Å². The Bertz CT molecular complexity index is 812. The van der Waals surface area contributed by atoms with E-state index in [1.807, 2.05) is 30.3 Å². The van der Waals surface area contributed by atoms with Gasteiger partial charge in [-0.3, -0.25) is 4.79 Å². The number of esters is 1. The van der Waals surface area contributed by atoms with E-state index in [9.17, 15) is 22.8 Å². The molecule has 9 nitrogen and oxygen atoms in total. The van der Waals surface area contributed by atoms with E-state index >= 15 is 0 Å². The van der Waals surface area contributed by atoms with E-state index in [0.29, 0.717) is 6.29 Å². The monoisotopic (exact) mass is 412 g/mol. The van der Waals surface area contributed by atoms with Gasteiger partial charge in [-0.1, -0.05) is 30.3 Å². The van der Waals surface area contributed by atoms with Crippen molar-refractivity contribution in [3.05, 3.63) is 35.9 Å². The fourth-order valence-corrected chi connectivity index (χ4v) is 4.49. The first kappa shape index (κ1) is 21.8. The SMILES string of the molecule is COC(=O)CS(=O)(=O)N[C@]1(C=O)CCN(C(=O)OCc2ccccc2)[C@@H](C)C1. The average molecular weight is 412 g/mol. The van der Waals surface area contributed by atoms with Crippen molar-refractivity contribution < 1.29 is 32.3 Å². The summed E-state index contributed by atoms with van der Waals surface area (Å²) in [5.41, 5.74) is -0.541. The summed E-state index contributed by atoms with van der Waals surface area (Å²) in [5.74, 6) is -1.81. The van der Waals surface area contributed by atoms with Gasteiger partial charge in [0.25, 0.3) is 0 Å². The van der Waals surface area contributed by atoms with E-state index in [1.54, 1.807) is 6.92 Å². The fourth-order valence-electron chi connectivity index (χ4n) is 3.14. The molecule has 1 aliphatic heterocycles. The molecule has 154 valence electrons. The number of rotatable bonds is 7. The van der Waals surface area contributed by atoms with E-state index < -0.39 is 39.4 Å². The number of hydrogen-bond acceptors (Lipinski definition) is 7. The summed E-state index contributed by atoms with van der Waals surface area (Å²) >= 11 is 0. The lowest BCUT2D eigenvalue weighted by molar-refractivity contribution is -0.137. The molecule has 0 saturated carbocycles. The van der Waals surface area contributed by atoms with Gasteiger partial charge in [-0.05, 0) is 25.3 Å². The summed E-state index contributed by atoms with van der Waals surface area (Å²) in [6, 6.07) is 8.76. The Morgan fingerprint density at radius 3 is 2.57 bits per heavy atom. The van der Waals surface area contributed by atoms with E-state index in [0.717, 1.165) is 12.7 Å². The molecule has 1 amide bonds. The van der Waals surface area contributed by atoms with Crippen molar-refractivity contribution >= 4 is 28.4 Å².